The quantitative estimate of drug-likeness (QED) is 0.709. The maximum Gasteiger partial charge on any atom is 0.0459 e. The number of aromatic nitrogens is 1. The van der Waals surface area contributed by atoms with Crippen molar-refractivity contribution in [1.82, 2.24) is 4.98 Å². The fourth-order valence-electron chi connectivity index (χ4n) is 1.98. The molecule has 2 atom stereocenters. The highest BCUT2D eigenvalue weighted by molar-refractivity contribution is 5.29. The molecular formula is C11H16N2. The van der Waals surface area contributed by atoms with E-state index in [0.717, 1.165) is 11.4 Å². The van der Waals surface area contributed by atoms with E-state index in [1.807, 2.05) is 13.0 Å². The van der Waals surface area contributed by atoms with Gasteiger partial charge in [-0.05, 0) is 24.5 Å². The first-order chi connectivity index (χ1) is 6.03. The smallest absolute Gasteiger partial charge is 0.0459 e. The van der Waals surface area contributed by atoms with Crippen LogP contribution in [0.1, 0.15) is 31.2 Å². The van der Waals surface area contributed by atoms with E-state index in [1.54, 1.807) is 0 Å². The molecule has 1 heterocycles. The summed E-state index contributed by atoms with van der Waals surface area (Å²) in [4.78, 5) is 4.50. The molecule has 1 fully saturated rings. The summed E-state index contributed by atoms with van der Waals surface area (Å²) >= 11 is 0. The minimum absolute atomic E-state index is 0.237. The van der Waals surface area contributed by atoms with Crippen molar-refractivity contribution in [2.75, 3.05) is 0 Å². The van der Waals surface area contributed by atoms with Crippen molar-refractivity contribution >= 4 is 0 Å². The van der Waals surface area contributed by atoms with Crippen molar-refractivity contribution < 1.29 is 0 Å². The lowest BCUT2D eigenvalue weighted by Crippen LogP contribution is -2.06. The Morgan fingerprint density at radius 1 is 1.38 bits per heavy atom. The van der Waals surface area contributed by atoms with Crippen LogP contribution in [0.25, 0.3) is 0 Å². The molecule has 0 bridgehead atoms. The summed E-state index contributed by atoms with van der Waals surface area (Å²) in [6.45, 7) is 6.42. The van der Waals surface area contributed by atoms with E-state index in [0.29, 0.717) is 5.92 Å². The summed E-state index contributed by atoms with van der Waals surface area (Å²) in [6.07, 6.45) is 0. The second-order valence-corrected chi connectivity index (χ2v) is 4.53. The van der Waals surface area contributed by atoms with Gasteiger partial charge in [0.15, 0.2) is 0 Å². The molecule has 1 aromatic rings. The molecule has 1 aromatic heterocycles. The van der Waals surface area contributed by atoms with Gasteiger partial charge >= 0.3 is 0 Å². The Morgan fingerprint density at radius 2 is 2.00 bits per heavy atom. The zero-order valence-corrected chi connectivity index (χ0v) is 8.41. The highest BCUT2D eigenvalue weighted by Crippen LogP contribution is 2.56. The molecule has 70 valence electrons. The fourth-order valence-corrected chi connectivity index (χ4v) is 1.98. The summed E-state index contributed by atoms with van der Waals surface area (Å²) in [7, 11) is 0. The number of nitrogens with zero attached hydrogens (tertiary/aromatic N) is 1. The average molecular weight is 176 g/mol. The zero-order chi connectivity index (χ0) is 9.64. The van der Waals surface area contributed by atoms with E-state index in [-0.39, 0.29) is 11.5 Å². The second-order valence-electron chi connectivity index (χ2n) is 4.53. The molecule has 2 heteroatoms. The van der Waals surface area contributed by atoms with Crippen molar-refractivity contribution in [3.8, 4) is 0 Å². The van der Waals surface area contributed by atoms with Crippen LogP contribution in [0, 0.1) is 12.3 Å². The maximum absolute atomic E-state index is 5.99. The Hall–Kier alpha value is -0.890. The van der Waals surface area contributed by atoms with E-state index in [4.69, 9.17) is 5.73 Å². The van der Waals surface area contributed by atoms with Gasteiger partial charge in [0.1, 0.15) is 0 Å². The zero-order valence-electron chi connectivity index (χ0n) is 8.41. The highest BCUT2D eigenvalue weighted by Gasteiger charge is 2.56. The first-order valence-corrected chi connectivity index (χ1v) is 4.72. The molecule has 0 saturated heterocycles. The highest BCUT2D eigenvalue weighted by atomic mass is 14.9. The van der Waals surface area contributed by atoms with Crippen LogP contribution >= 0.6 is 0 Å². The Labute approximate surface area is 79.2 Å². The lowest BCUT2D eigenvalue weighted by molar-refractivity contribution is 0.595. The van der Waals surface area contributed by atoms with Crippen LogP contribution in [0.4, 0.5) is 0 Å². The van der Waals surface area contributed by atoms with Crippen molar-refractivity contribution in [2.45, 2.75) is 32.7 Å². The summed E-state index contributed by atoms with van der Waals surface area (Å²) in [5, 5.41) is 0. The molecule has 0 aliphatic heterocycles. The summed E-state index contributed by atoms with van der Waals surface area (Å²) in [6, 6.07) is 6.43. The minimum atomic E-state index is 0.237. The molecule has 0 radical (unpaired) electrons. The van der Waals surface area contributed by atoms with Crippen LogP contribution in [-0.2, 0) is 0 Å². The standard InChI is InChI=1S/C11H16N2/c1-7-5-4-6-8(13-7)9-10(12)11(9,2)3/h4-6,9-10H,12H2,1-3H3. The lowest BCUT2D eigenvalue weighted by Gasteiger charge is -2.02. The molecule has 2 unspecified atom stereocenters. The number of nitrogens with two attached hydrogens (primary N) is 1. The second kappa shape index (κ2) is 2.55. The molecule has 1 aliphatic carbocycles. The first-order valence-electron chi connectivity index (χ1n) is 4.72. The monoisotopic (exact) mass is 176 g/mol. The Bertz CT molecular complexity index is 331. The number of hydrogen-bond donors (Lipinski definition) is 1. The molecule has 1 saturated carbocycles. The van der Waals surface area contributed by atoms with Crippen LogP contribution < -0.4 is 5.73 Å². The number of hydrogen-bond acceptors (Lipinski definition) is 2. The molecule has 0 amide bonds. The average Bonchev–Trinajstić information content (AvgIpc) is 2.51. The van der Waals surface area contributed by atoms with Gasteiger partial charge in [0.25, 0.3) is 0 Å². The summed E-state index contributed by atoms with van der Waals surface area (Å²) < 4.78 is 0. The van der Waals surface area contributed by atoms with Gasteiger partial charge in [-0.15, -0.1) is 0 Å². The van der Waals surface area contributed by atoms with Gasteiger partial charge in [-0.3, -0.25) is 4.98 Å². The predicted molar refractivity (Wildman–Crippen MR) is 53.5 cm³/mol. The van der Waals surface area contributed by atoms with E-state index in [1.165, 1.54) is 0 Å². The first kappa shape index (κ1) is 8.70. The maximum atomic E-state index is 5.99. The molecule has 0 aromatic carbocycles. The predicted octanol–water partition coefficient (Wildman–Crippen LogP) is 1.84. The van der Waals surface area contributed by atoms with Gasteiger partial charge < -0.3 is 5.73 Å². The van der Waals surface area contributed by atoms with Crippen LogP contribution in [0.3, 0.4) is 0 Å². The van der Waals surface area contributed by atoms with Crippen molar-refractivity contribution in [2.24, 2.45) is 11.1 Å². The van der Waals surface area contributed by atoms with Gasteiger partial charge in [0, 0.05) is 23.3 Å². The van der Waals surface area contributed by atoms with E-state index in [9.17, 15) is 0 Å². The van der Waals surface area contributed by atoms with Crippen LogP contribution in [0.5, 0.6) is 0 Å². The molecule has 2 rings (SSSR count). The molecule has 2 N–H and O–H groups in total. The van der Waals surface area contributed by atoms with Gasteiger partial charge in [-0.2, -0.15) is 0 Å². The third-order valence-electron chi connectivity index (χ3n) is 3.14. The molecule has 13 heavy (non-hydrogen) atoms. The van der Waals surface area contributed by atoms with Crippen molar-refractivity contribution in [1.29, 1.82) is 0 Å². The number of aryl methyl sites for hydroxylation is 1. The molecule has 0 spiro atoms. The summed E-state index contributed by atoms with van der Waals surface area (Å²) in [5.41, 5.74) is 8.45. The van der Waals surface area contributed by atoms with Crippen LogP contribution in [0.15, 0.2) is 18.2 Å². The molecular weight excluding hydrogens is 160 g/mol. The van der Waals surface area contributed by atoms with Gasteiger partial charge in [-0.25, -0.2) is 0 Å². The van der Waals surface area contributed by atoms with Gasteiger partial charge in [-0.1, -0.05) is 19.9 Å². The van der Waals surface area contributed by atoms with E-state index in [2.05, 4.69) is 31.0 Å². The topological polar surface area (TPSA) is 38.9 Å². The van der Waals surface area contributed by atoms with Gasteiger partial charge in [0.2, 0.25) is 0 Å². The normalized spacial score (nSPS) is 30.2. The minimum Gasteiger partial charge on any atom is -0.327 e. The van der Waals surface area contributed by atoms with Crippen LogP contribution in [0.2, 0.25) is 0 Å². The van der Waals surface area contributed by atoms with Crippen molar-refractivity contribution in [3.05, 3.63) is 29.6 Å². The largest absolute Gasteiger partial charge is 0.327 e. The summed E-state index contributed by atoms with van der Waals surface area (Å²) in [5.74, 6) is 0.451. The number of rotatable bonds is 1. The Kier molecular flexibility index (Phi) is 1.70. The molecule has 1 aliphatic rings. The third kappa shape index (κ3) is 1.25. The van der Waals surface area contributed by atoms with E-state index < -0.39 is 0 Å². The van der Waals surface area contributed by atoms with Crippen LogP contribution in [-0.4, -0.2) is 11.0 Å². The number of pyridine rings is 1. The Balaban J connectivity index is 2.29. The fraction of sp³-hybridized carbons (Fsp3) is 0.545. The van der Waals surface area contributed by atoms with Gasteiger partial charge in [0.05, 0.1) is 0 Å². The third-order valence-corrected chi connectivity index (χ3v) is 3.14. The molecule has 2 nitrogen and oxygen atoms in total. The lowest BCUT2D eigenvalue weighted by atomic mass is 10.1. The van der Waals surface area contributed by atoms with E-state index >= 15 is 0 Å². The van der Waals surface area contributed by atoms with Crippen molar-refractivity contribution in [3.63, 3.8) is 0 Å². The Morgan fingerprint density at radius 3 is 2.46 bits per heavy atom. The SMILES string of the molecule is Cc1cccc(C2C(N)C2(C)C)n1.